The van der Waals surface area contributed by atoms with Gasteiger partial charge in [-0.05, 0) is 6.07 Å². The Morgan fingerprint density at radius 2 is 2.05 bits per heavy atom. The minimum Gasteiger partial charge on any atom is -0.478 e. The predicted octanol–water partition coefficient (Wildman–Crippen LogP) is 1.90. The summed E-state index contributed by atoms with van der Waals surface area (Å²) >= 11 is 1.28. The molecule has 0 aliphatic carbocycles. The molecular weight excluding hydrogens is 312 g/mol. The summed E-state index contributed by atoms with van der Waals surface area (Å²) in [4.78, 5) is 16.1. The van der Waals surface area contributed by atoms with E-state index < -0.39 is 16.0 Å². The zero-order valence-corrected chi connectivity index (χ0v) is 13.1. The highest BCUT2D eigenvalue weighted by atomic mass is 32.2. The van der Waals surface area contributed by atoms with Crippen LogP contribution in [0.15, 0.2) is 30.5 Å². The van der Waals surface area contributed by atoms with Crippen molar-refractivity contribution >= 4 is 27.3 Å². The van der Waals surface area contributed by atoms with Crippen molar-refractivity contribution in [1.29, 1.82) is 0 Å². The Labute approximate surface area is 126 Å². The number of aromatic carboxylic acids is 1. The SMILES string of the molecule is CN(Cc1ncc(-c2ccccc2C(=O)O)s1)S(C)(=O)=O. The Morgan fingerprint density at radius 1 is 1.38 bits per heavy atom. The Hall–Kier alpha value is -1.77. The van der Waals surface area contributed by atoms with Gasteiger partial charge in [-0.25, -0.2) is 18.2 Å². The molecule has 0 bridgehead atoms. The molecule has 0 saturated heterocycles. The van der Waals surface area contributed by atoms with Crippen LogP contribution in [0.4, 0.5) is 0 Å². The number of aromatic nitrogens is 1. The van der Waals surface area contributed by atoms with Gasteiger partial charge in [-0.3, -0.25) is 0 Å². The summed E-state index contributed by atoms with van der Waals surface area (Å²) in [5.41, 5.74) is 0.778. The lowest BCUT2D eigenvalue weighted by atomic mass is 10.1. The van der Waals surface area contributed by atoms with Gasteiger partial charge < -0.3 is 5.11 Å². The zero-order valence-electron chi connectivity index (χ0n) is 11.5. The van der Waals surface area contributed by atoms with Gasteiger partial charge in [-0.2, -0.15) is 4.31 Å². The van der Waals surface area contributed by atoms with E-state index in [1.54, 1.807) is 24.4 Å². The van der Waals surface area contributed by atoms with Crippen molar-refractivity contribution in [2.24, 2.45) is 0 Å². The monoisotopic (exact) mass is 326 g/mol. The second kappa shape index (κ2) is 5.92. The molecule has 0 atom stereocenters. The standard InChI is InChI=1S/C13H14N2O4S2/c1-15(21(2,18)19)8-12-14-7-11(20-12)9-5-3-4-6-10(9)13(16)17/h3-7H,8H2,1-2H3,(H,16,17). The number of hydrogen-bond donors (Lipinski definition) is 1. The van der Waals surface area contributed by atoms with Crippen LogP contribution in [0.3, 0.4) is 0 Å². The molecule has 0 amide bonds. The molecule has 1 aromatic carbocycles. The molecule has 0 aliphatic rings. The van der Waals surface area contributed by atoms with Gasteiger partial charge in [0, 0.05) is 18.8 Å². The third-order valence-corrected chi connectivity index (χ3v) is 5.18. The first-order chi connectivity index (χ1) is 9.79. The van der Waals surface area contributed by atoms with E-state index in [2.05, 4.69) is 4.98 Å². The van der Waals surface area contributed by atoms with Crippen LogP contribution in [-0.4, -0.2) is 42.1 Å². The Balaban J connectivity index is 2.31. The third kappa shape index (κ3) is 3.66. The molecule has 21 heavy (non-hydrogen) atoms. The van der Waals surface area contributed by atoms with E-state index in [9.17, 15) is 18.3 Å². The minimum atomic E-state index is -3.27. The normalized spacial score (nSPS) is 11.8. The highest BCUT2D eigenvalue weighted by molar-refractivity contribution is 7.88. The lowest BCUT2D eigenvalue weighted by Gasteiger charge is -2.11. The first kappa shape index (κ1) is 15.6. The summed E-state index contributed by atoms with van der Waals surface area (Å²) in [7, 11) is -1.80. The summed E-state index contributed by atoms with van der Waals surface area (Å²) in [5.74, 6) is -1.01. The van der Waals surface area contributed by atoms with Crippen LogP contribution in [0.25, 0.3) is 10.4 Å². The van der Waals surface area contributed by atoms with E-state index in [4.69, 9.17) is 0 Å². The molecule has 1 N–H and O–H groups in total. The lowest BCUT2D eigenvalue weighted by molar-refractivity contribution is 0.0697. The van der Waals surface area contributed by atoms with Gasteiger partial charge in [0.15, 0.2) is 0 Å². The average Bonchev–Trinajstić information content (AvgIpc) is 2.86. The van der Waals surface area contributed by atoms with Crippen molar-refractivity contribution in [3.63, 3.8) is 0 Å². The van der Waals surface area contributed by atoms with Crippen molar-refractivity contribution in [3.05, 3.63) is 41.0 Å². The number of thiazole rings is 1. The smallest absolute Gasteiger partial charge is 0.336 e. The second-order valence-corrected chi connectivity index (χ2v) is 7.69. The highest BCUT2D eigenvalue weighted by Crippen LogP contribution is 2.29. The van der Waals surface area contributed by atoms with Crippen molar-refractivity contribution < 1.29 is 18.3 Å². The number of benzene rings is 1. The first-order valence-electron chi connectivity index (χ1n) is 5.97. The average molecular weight is 326 g/mol. The van der Waals surface area contributed by atoms with Crippen molar-refractivity contribution in [2.45, 2.75) is 6.54 Å². The summed E-state index contributed by atoms with van der Waals surface area (Å²) < 4.78 is 24.0. The van der Waals surface area contributed by atoms with Crippen LogP contribution in [0.5, 0.6) is 0 Å². The topological polar surface area (TPSA) is 87.6 Å². The van der Waals surface area contributed by atoms with E-state index in [0.717, 1.165) is 6.26 Å². The molecule has 6 nitrogen and oxygen atoms in total. The molecule has 2 rings (SSSR count). The van der Waals surface area contributed by atoms with Crippen LogP contribution < -0.4 is 0 Å². The van der Waals surface area contributed by atoms with Gasteiger partial charge >= 0.3 is 5.97 Å². The number of rotatable bonds is 5. The summed E-state index contributed by atoms with van der Waals surface area (Å²) in [6, 6.07) is 6.65. The molecule has 0 fully saturated rings. The van der Waals surface area contributed by atoms with Crippen molar-refractivity contribution in [2.75, 3.05) is 13.3 Å². The molecule has 0 unspecified atom stereocenters. The van der Waals surface area contributed by atoms with E-state index in [1.807, 2.05) is 0 Å². The number of sulfonamides is 1. The van der Waals surface area contributed by atoms with E-state index in [1.165, 1.54) is 28.8 Å². The Morgan fingerprint density at radius 3 is 2.67 bits per heavy atom. The Kier molecular flexibility index (Phi) is 4.40. The number of carbonyl (C=O) groups is 1. The van der Waals surface area contributed by atoms with Gasteiger partial charge in [0.2, 0.25) is 10.0 Å². The number of carboxylic acids is 1. The second-order valence-electron chi connectivity index (χ2n) is 4.49. The lowest BCUT2D eigenvalue weighted by Crippen LogP contribution is -2.24. The van der Waals surface area contributed by atoms with Gasteiger partial charge in [-0.1, -0.05) is 18.2 Å². The third-order valence-electron chi connectivity index (χ3n) is 2.90. The van der Waals surface area contributed by atoms with Crippen LogP contribution in [-0.2, 0) is 16.6 Å². The molecule has 1 aromatic heterocycles. The number of nitrogens with zero attached hydrogens (tertiary/aromatic N) is 2. The molecule has 8 heteroatoms. The van der Waals surface area contributed by atoms with Gasteiger partial charge in [0.1, 0.15) is 5.01 Å². The zero-order chi connectivity index (χ0) is 15.6. The molecule has 1 heterocycles. The maximum Gasteiger partial charge on any atom is 0.336 e. The molecule has 0 saturated carbocycles. The van der Waals surface area contributed by atoms with Gasteiger partial charge in [0.05, 0.1) is 23.2 Å². The molecular formula is C13H14N2O4S2. The summed E-state index contributed by atoms with van der Waals surface area (Å²) in [6.07, 6.45) is 2.69. The molecule has 0 radical (unpaired) electrons. The maximum atomic E-state index is 11.4. The van der Waals surface area contributed by atoms with Crippen LogP contribution in [0.1, 0.15) is 15.4 Å². The Bertz CT molecular complexity index is 768. The molecule has 2 aromatic rings. The first-order valence-corrected chi connectivity index (χ1v) is 8.64. The summed E-state index contributed by atoms with van der Waals surface area (Å²) in [5, 5.41) is 9.79. The predicted molar refractivity (Wildman–Crippen MR) is 80.8 cm³/mol. The fourth-order valence-electron chi connectivity index (χ4n) is 1.70. The van der Waals surface area contributed by atoms with Crippen LogP contribution >= 0.6 is 11.3 Å². The summed E-state index contributed by atoms with van der Waals surface area (Å²) in [6.45, 7) is 0.165. The molecule has 0 aliphatic heterocycles. The number of carboxylic acid groups (broad SMARTS) is 1. The van der Waals surface area contributed by atoms with Crippen LogP contribution in [0.2, 0.25) is 0 Å². The van der Waals surface area contributed by atoms with Crippen molar-refractivity contribution in [3.8, 4) is 10.4 Å². The van der Waals surface area contributed by atoms with Gasteiger partial charge in [0.25, 0.3) is 0 Å². The maximum absolute atomic E-state index is 11.4. The fraction of sp³-hybridized carbons (Fsp3) is 0.231. The van der Waals surface area contributed by atoms with Gasteiger partial charge in [-0.15, -0.1) is 11.3 Å². The van der Waals surface area contributed by atoms with Crippen molar-refractivity contribution in [1.82, 2.24) is 9.29 Å². The minimum absolute atomic E-state index is 0.165. The fourth-order valence-corrected chi connectivity index (χ4v) is 3.15. The highest BCUT2D eigenvalue weighted by Gasteiger charge is 2.16. The largest absolute Gasteiger partial charge is 0.478 e. The molecule has 112 valence electrons. The van der Waals surface area contributed by atoms with E-state index in [-0.39, 0.29) is 12.1 Å². The quantitative estimate of drug-likeness (QED) is 0.906. The van der Waals surface area contributed by atoms with E-state index in [0.29, 0.717) is 15.4 Å². The van der Waals surface area contributed by atoms with E-state index >= 15 is 0 Å². The van der Waals surface area contributed by atoms with Crippen LogP contribution in [0, 0.1) is 0 Å². The molecule has 0 spiro atoms. The number of hydrogen-bond acceptors (Lipinski definition) is 5.